The van der Waals surface area contributed by atoms with E-state index in [0.29, 0.717) is 39.6 Å². The lowest BCUT2D eigenvalue weighted by molar-refractivity contribution is 0.0824. The lowest BCUT2D eigenvalue weighted by Crippen LogP contribution is -2.26. The van der Waals surface area contributed by atoms with Gasteiger partial charge in [-0.1, -0.05) is 6.07 Å². The number of aryl methyl sites for hydroxylation is 3. The number of rotatable bonds is 6. The molecule has 0 aliphatic rings. The van der Waals surface area contributed by atoms with Gasteiger partial charge in [-0.15, -0.1) is 10.2 Å². The Bertz CT molecular complexity index is 1770. The van der Waals surface area contributed by atoms with Crippen LogP contribution in [-0.4, -0.2) is 71.2 Å². The number of methoxy groups -OCH3 is 1. The smallest absolute Gasteiger partial charge is 0.275 e. The molecule has 13 nitrogen and oxygen atoms in total. The second kappa shape index (κ2) is 9.25. The van der Waals surface area contributed by atoms with Crippen molar-refractivity contribution in [1.29, 1.82) is 0 Å². The van der Waals surface area contributed by atoms with Gasteiger partial charge in [-0.05, 0) is 42.3 Å². The molecule has 4 aromatic heterocycles. The minimum absolute atomic E-state index is 0.207. The highest BCUT2D eigenvalue weighted by Crippen LogP contribution is 2.32. The maximum Gasteiger partial charge on any atom is 0.275 e. The van der Waals surface area contributed by atoms with Crippen LogP contribution in [0, 0.1) is 6.92 Å². The summed E-state index contributed by atoms with van der Waals surface area (Å²) < 4.78 is 8.59. The van der Waals surface area contributed by atoms with Gasteiger partial charge in [-0.3, -0.25) is 18.6 Å². The maximum absolute atomic E-state index is 13.5. The highest BCUT2D eigenvalue weighted by molar-refractivity contribution is 5.99. The van der Waals surface area contributed by atoms with E-state index < -0.39 is 0 Å². The molecule has 0 spiro atoms. The third-order valence-corrected chi connectivity index (χ3v) is 6.37. The Labute approximate surface area is 217 Å². The Kier molecular flexibility index (Phi) is 6.05. The summed E-state index contributed by atoms with van der Waals surface area (Å²) in [6, 6.07) is 7.15. The Hall–Kier alpha value is -4.81. The summed E-state index contributed by atoms with van der Waals surface area (Å²) in [4.78, 5) is 38.1. The van der Waals surface area contributed by atoms with Gasteiger partial charge >= 0.3 is 0 Å². The molecule has 1 amide bonds. The number of imidazole rings is 1. The number of benzene rings is 1. The van der Waals surface area contributed by atoms with Gasteiger partial charge < -0.3 is 15.0 Å². The highest BCUT2D eigenvalue weighted by atomic mass is 16.5. The Morgan fingerprint density at radius 3 is 2.61 bits per heavy atom. The van der Waals surface area contributed by atoms with Crippen molar-refractivity contribution in [2.24, 2.45) is 14.1 Å². The average Bonchev–Trinajstić information content (AvgIpc) is 3.53. The van der Waals surface area contributed by atoms with Crippen molar-refractivity contribution < 1.29 is 9.53 Å². The van der Waals surface area contributed by atoms with Crippen LogP contribution in [0.4, 0.5) is 5.69 Å². The second-order valence-corrected chi connectivity index (χ2v) is 9.32. The first-order valence-electron chi connectivity index (χ1n) is 11.9. The molecule has 0 aliphatic carbocycles. The number of anilines is 1. The first-order chi connectivity index (χ1) is 18.1. The van der Waals surface area contributed by atoms with E-state index in [-0.39, 0.29) is 23.2 Å². The minimum atomic E-state index is -0.297. The zero-order valence-corrected chi connectivity index (χ0v) is 22.2. The normalized spacial score (nSPS) is 12.2. The van der Waals surface area contributed by atoms with E-state index in [2.05, 4.69) is 30.7 Å². The van der Waals surface area contributed by atoms with Crippen molar-refractivity contribution in [3.05, 3.63) is 57.8 Å². The number of hydrogen-bond donors (Lipinski definition) is 1. The first-order valence-corrected chi connectivity index (χ1v) is 11.9. The molecule has 196 valence electrons. The largest absolute Gasteiger partial charge is 0.481 e. The second-order valence-electron chi connectivity index (χ2n) is 9.32. The number of pyridine rings is 1. The molecule has 1 atom stereocenters. The Balaban J connectivity index is 1.70. The molecular formula is C25H28N10O3. The van der Waals surface area contributed by atoms with E-state index in [9.17, 15) is 9.59 Å². The number of amides is 1. The molecular weight excluding hydrogens is 488 g/mol. The van der Waals surface area contributed by atoms with Gasteiger partial charge in [0.2, 0.25) is 11.7 Å². The van der Waals surface area contributed by atoms with Gasteiger partial charge in [0.15, 0.2) is 11.3 Å². The van der Waals surface area contributed by atoms with Crippen LogP contribution in [0.15, 0.2) is 35.4 Å². The third kappa shape index (κ3) is 4.01. The number of fused-ring (bicyclic) bond motifs is 3. The van der Waals surface area contributed by atoms with Crippen LogP contribution in [0.2, 0.25) is 0 Å². The van der Waals surface area contributed by atoms with Crippen molar-refractivity contribution in [3.63, 3.8) is 0 Å². The molecule has 5 aromatic rings. The molecule has 0 aliphatic heterocycles. The van der Waals surface area contributed by atoms with Crippen LogP contribution < -0.4 is 15.6 Å². The lowest BCUT2D eigenvalue weighted by Gasteiger charge is -2.21. The van der Waals surface area contributed by atoms with E-state index in [0.717, 1.165) is 11.1 Å². The monoisotopic (exact) mass is 516 g/mol. The summed E-state index contributed by atoms with van der Waals surface area (Å²) in [5.74, 6) is 0.466. The summed E-state index contributed by atoms with van der Waals surface area (Å²) in [7, 11) is 8.17. The zero-order chi connectivity index (χ0) is 27.3. The number of ether oxygens (including phenoxy) is 1. The Morgan fingerprint density at radius 1 is 1.18 bits per heavy atom. The van der Waals surface area contributed by atoms with Crippen LogP contribution in [0.3, 0.4) is 0 Å². The van der Waals surface area contributed by atoms with Gasteiger partial charge in [0, 0.05) is 27.2 Å². The molecule has 1 N–H and O–H groups in total. The van der Waals surface area contributed by atoms with E-state index >= 15 is 0 Å². The number of nitrogens with one attached hydrogen (secondary N) is 1. The van der Waals surface area contributed by atoms with E-state index in [1.54, 1.807) is 45.0 Å². The number of aromatic nitrogens is 8. The van der Waals surface area contributed by atoms with Crippen LogP contribution in [-0.2, 0) is 14.1 Å². The molecule has 4 heterocycles. The zero-order valence-electron chi connectivity index (χ0n) is 22.2. The predicted octanol–water partition coefficient (Wildman–Crippen LogP) is 1.96. The summed E-state index contributed by atoms with van der Waals surface area (Å²) in [5, 5.41) is 16.4. The molecule has 1 aromatic carbocycles. The standard InChI is InChI=1S/C25H28N10O3/c1-13-10-15(14(2)27-17-8-9-18(38-7)28-19(17)22-29-31-34(6)30-22)21-16(11-13)24(36)33(5)23-20(25(37)32(3)4)26-12-35(21)23/h8-12,14,27H,1-7H3. The fraction of sp³-hybridized carbons (Fsp3) is 0.320. The predicted molar refractivity (Wildman–Crippen MR) is 141 cm³/mol. The molecule has 0 saturated carbocycles. The molecule has 1 unspecified atom stereocenters. The fourth-order valence-electron chi connectivity index (χ4n) is 4.57. The molecule has 0 fully saturated rings. The molecule has 0 saturated heterocycles. The summed E-state index contributed by atoms with van der Waals surface area (Å²) in [5.41, 5.74) is 3.99. The third-order valence-electron chi connectivity index (χ3n) is 6.37. The lowest BCUT2D eigenvalue weighted by atomic mass is 10.0. The van der Waals surface area contributed by atoms with E-state index in [1.165, 1.54) is 21.4 Å². The number of nitrogens with zero attached hydrogens (tertiary/aromatic N) is 9. The Morgan fingerprint density at radius 2 is 1.95 bits per heavy atom. The number of hydrogen-bond acceptors (Lipinski definition) is 9. The van der Waals surface area contributed by atoms with Crippen molar-refractivity contribution in [2.75, 3.05) is 26.5 Å². The van der Waals surface area contributed by atoms with Crippen molar-refractivity contribution in [3.8, 4) is 17.4 Å². The topological polar surface area (TPSA) is 137 Å². The van der Waals surface area contributed by atoms with Crippen molar-refractivity contribution in [1.82, 2.24) is 44.0 Å². The summed E-state index contributed by atoms with van der Waals surface area (Å²) >= 11 is 0. The van der Waals surface area contributed by atoms with Crippen LogP contribution in [0.1, 0.15) is 34.6 Å². The van der Waals surface area contributed by atoms with Crippen molar-refractivity contribution >= 4 is 28.1 Å². The quantitative estimate of drug-likeness (QED) is 0.359. The molecule has 0 radical (unpaired) electrons. The summed E-state index contributed by atoms with van der Waals surface area (Å²) in [6.07, 6.45) is 1.59. The van der Waals surface area contributed by atoms with Gasteiger partial charge in [-0.2, -0.15) is 4.80 Å². The minimum Gasteiger partial charge on any atom is -0.481 e. The molecule has 0 bridgehead atoms. The van der Waals surface area contributed by atoms with Gasteiger partial charge in [0.1, 0.15) is 12.0 Å². The molecule has 5 rings (SSSR count). The number of carbonyl (C=O) groups excluding carboxylic acids is 1. The highest BCUT2D eigenvalue weighted by Gasteiger charge is 2.24. The van der Waals surface area contributed by atoms with Gasteiger partial charge in [-0.25, -0.2) is 9.97 Å². The van der Waals surface area contributed by atoms with Crippen molar-refractivity contribution in [2.45, 2.75) is 19.9 Å². The first kappa shape index (κ1) is 24.9. The molecule has 13 heteroatoms. The van der Waals surface area contributed by atoms with Crippen LogP contribution >= 0.6 is 0 Å². The van der Waals surface area contributed by atoms with Crippen LogP contribution in [0.5, 0.6) is 5.88 Å². The number of carbonyl (C=O) groups is 1. The fourth-order valence-corrected chi connectivity index (χ4v) is 4.57. The van der Waals surface area contributed by atoms with E-state index in [4.69, 9.17) is 4.74 Å². The summed E-state index contributed by atoms with van der Waals surface area (Å²) in [6.45, 7) is 3.93. The SMILES string of the molecule is COc1ccc(NC(C)c2cc(C)cc3c(=O)n(C)c4c(C(=O)N(C)C)ncn4c23)c(-c2nnn(C)n2)n1. The molecule has 38 heavy (non-hydrogen) atoms. The maximum atomic E-state index is 13.5. The number of tetrazole rings is 1. The average molecular weight is 517 g/mol. The van der Waals surface area contributed by atoms with Gasteiger partial charge in [0.25, 0.3) is 11.5 Å². The van der Waals surface area contributed by atoms with E-state index in [1.807, 2.05) is 32.0 Å². The van der Waals surface area contributed by atoms with Gasteiger partial charge in [0.05, 0.1) is 36.8 Å². The van der Waals surface area contributed by atoms with Crippen LogP contribution in [0.25, 0.3) is 28.1 Å².